The Hall–Kier alpha value is -2.87. The van der Waals surface area contributed by atoms with Crippen LogP contribution in [0.15, 0.2) is 53.6 Å². The molecular formula is C22H24F3N3O2. The summed E-state index contributed by atoms with van der Waals surface area (Å²) in [5.41, 5.74) is -0.258. The van der Waals surface area contributed by atoms with Crippen LogP contribution in [0.2, 0.25) is 0 Å². The average molecular weight is 419 g/mol. The molecule has 0 bridgehead atoms. The molecule has 0 fully saturated rings. The van der Waals surface area contributed by atoms with Crippen molar-refractivity contribution in [3.63, 3.8) is 0 Å². The van der Waals surface area contributed by atoms with Gasteiger partial charge in [0.1, 0.15) is 0 Å². The lowest BCUT2D eigenvalue weighted by molar-refractivity contribution is -0.302. The molecule has 0 aromatic heterocycles. The van der Waals surface area contributed by atoms with E-state index in [1.807, 2.05) is 50.2 Å². The Kier molecular flexibility index (Phi) is 6.17. The number of hydrogen-bond donors (Lipinski definition) is 2. The fourth-order valence-corrected chi connectivity index (χ4v) is 3.46. The molecule has 1 aliphatic heterocycles. The lowest BCUT2D eigenvalue weighted by Gasteiger charge is -2.32. The third kappa shape index (κ3) is 4.64. The molecule has 0 radical (unpaired) electrons. The molecule has 30 heavy (non-hydrogen) atoms. The molecule has 1 aliphatic rings. The van der Waals surface area contributed by atoms with Crippen LogP contribution in [0.5, 0.6) is 0 Å². The predicted octanol–water partition coefficient (Wildman–Crippen LogP) is 4.38. The van der Waals surface area contributed by atoms with E-state index in [1.54, 1.807) is 12.1 Å². The molecule has 1 atom stereocenters. The molecule has 1 amide bonds. The van der Waals surface area contributed by atoms with E-state index in [0.29, 0.717) is 18.5 Å². The zero-order valence-corrected chi connectivity index (χ0v) is 16.8. The number of benzene rings is 2. The first-order valence-corrected chi connectivity index (χ1v) is 9.67. The normalized spacial score (nSPS) is 19.0. The monoisotopic (exact) mass is 419 g/mol. The summed E-state index contributed by atoms with van der Waals surface area (Å²) in [7, 11) is 0. The van der Waals surface area contributed by atoms with Crippen molar-refractivity contribution in [1.29, 1.82) is 0 Å². The van der Waals surface area contributed by atoms with E-state index < -0.39 is 24.2 Å². The van der Waals surface area contributed by atoms with Gasteiger partial charge in [-0.3, -0.25) is 4.79 Å². The Morgan fingerprint density at radius 2 is 1.80 bits per heavy atom. The third-order valence-corrected chi connectivity index (χ3v) is 4.90. The van der Waals surface area contributed by atoms with Crippen LogP contribution in [0.3, 0.4) is 0 Å². The lowest BCUT2D eigenvalue weighted by atomic mass is 9.98. The first-order valence-electron chi connectivity index (χ1n) is 9.67. The predicted molar refractivity (Wildman–Crippen MR) is 109 cm³/mol. The number of nitrogens with zero attached hydrogens (tertiary/aromatic N) is 2. The van der Waals surface area contributed by atoms with Crippen molar-refractivity contribution in [2.45, 2.75) is 45.0 Å². The molecule has 8 heteroatoms. The molecule has 5 nitrogen and oxygen atoms in total. The standard InChI is InChI=1S/C22H24F3N3O2/c1-15-11-16(2)13-17(12-15)19-14-21(30,22(23,24)25)28(27-19)20(29)9-6-10-26-18-7-4-3-5-8-18/h3-5,7-8,11-13,26,30H,6,9-10,14H2,1-2H3. The lowest BCUT2D eigenvalue weighted by Crippen LogP contribution is -2.56. The van der Waals surface area contributed by atoms with Gasteiger partial charge >= 0.3 is 6.18 Å². The third-order valence-electron chi connectivity index (χ3n) is 4.90. The minimum atomic E-state index is -5.03. The van der Waals surface area contributed by atoms with Crippen molar-refractivity contribution >= 4 is 17.3 Å². The second-order valence-electron chi connectivity index (χ2n) is 7.52. The quantitative estimate of drug-likeness (QED) is 0.683. The van der Waals surface area contributed by atoms with Gasteiger partial charge in [0.2, 0.25) is 5.91 Å². The number of carbonyl (C=O) groups is 1. The molecule has 0 saturated carbocycles. The first kappa shape index (κ1) is 21.8. The summed E-state index contributed by atoms with van der Waals surface area (Å²) < 4.78 is 41.0. The van der Waals surface area contributed by atoms with Gasteiger partial charge in [0.15, 0.2) is 0 Å². The highest BCUT2D eigenvalue weighted by atomic mass is 19.4. The highest BCUT2D eigenvalue weighted by Crippen LogP contribution is 2.41. The van der Waals surface area contributed by atoms with Crippen molar-refractivity contribution in [3.8, 4) is 0 Å². The summed E-state index contributed by atoms with van der Waals surface area (Å²) in [6.07, 6.45) is -5.71. The number of nitrogens with one attached hydrogen (secondary N) is 1. The minimum absolute atomic E-state index is 0.0392. The minimum Gasteiger partial charge on any atom is -0.385 e. The summed E-state index contributed by atoms with van der Waals surface area (Å²) in [6, 6.07) is 14.6. The SMILES string of the molecule is Cc1cc(C)cc(C2=NN(C(=O)CCCNc3ccccc3)C(O)(C(F)(F)F)C2)c1. The highest BCUT2D eigenvalue weighted by Gasteiger charge is 2.63. The van der Waals surface area contributed by atoms with Crippen molar-refractivity contribution in [1.82, 2.24) is 5.01 Å². The molecular weight excluding hydrogens is 395 g/mol. The summed E-state index contributed by atoms with van der Waals surface area (Å²) >= 11 is 0. The number of carbonyl (C=O) groups excluding carboxylic acids is 1. The maximum atomic E-state index is 13.7. The zero-order valence-electron chi connectivity index (χ0n) is 16.8. The van der Waals surface area contributed by atoms with Crippen LogP contribution in [-0.2, 0) is 4.79 Å². The van der Waals surface area contributed by atoms with Crippen molar-refractivity contribution in [2.75, 3.05) is 11.9 Å². The summed E-state index contributed by atoms with van der Waals surface area (Å²) in [5, 5.41) is 17.6. The van der Waals surface area contributed by atoms with Crippen LogP contribution in [0.4, 0.5) is 18.9 Å². The van der Waals surface area contributed by atoms with Gasteiger partial charge in [0.25, 0.3) is 5.72 Å². The molecule has 2 aromatic rings. The largest absolute Gasteiger partial charge is 0.438 e. The maximum absolute atomic E-state index is 13.7. The van der Waals surface area contributed by atoms with Gasteiger partial charge in [-0.25, -0.2) is 0 Å². The Balaban J connectivity index is 1.74. The van der Waals surface area contributed by atoms with Crippen LogP contribution in [0.25, 0.3) is 0 Å². The van der Waals surface area contributed by atoms with Gasteiger partial charge in [0, 0.05) is 18.7 Å². The Morgan fingerprint density at radius 3 is 2.40 bits per heavy atom. The Labute approximate surface area is 173 Å². The molecule has 3 rings (SSSR count). The second kappa shape index (κ2) is 8.47. The molecule has 2 aromatic carbocycles. The van der Waals surface area contributed by atoms with E-state index in [-0.39, 0.29) is 17.1 Å². The molecule has 1 heterocycles. The molecule has 0 aliphatic carbocycles. The first-order chi connectivity index (χ1) is 14.1. The molecule has 2 N–H and O–H groups in total. The number of anilines is 1. The molecule has 1 unspecified atom stereocenters. The molecule has 0 saturated heterocycles. The van der Waals surface area contributed by atoms with E-state index in [2.05, 4.69) is 10.4 Å². The van der Waals surface area contributed by atoms with Crippen molar-refractivity contribution in [2.24, 2.45) is 5.10 Å². The van der Waals surface area contributed by atoms with Gasteiger partial charge in [-0.15, -0.1) is 0 Å². The summed E-state index contributed by atoms with van der Waals surface area (Å²) in [5.74, 6) is -0.871. The summed E-state index contributed by atoms with van der Waals surface area (Å²) in [4.78, 5) is 12.6. The zero-order chi connectivity index (χ0) is 21.9. The number of rotatable bonds is 6. The van der Waals surface area contributed by atoms with Crippen LogP contribution in [0.1, 0.15) is 36.0 Å². The number of aryl methyl sites for hydroxylation is 2. The van der Waals surface area contributed by atoms with E-state index in [0.717, 1.165) is 16.8 Å². The van der Waals surface area contributed by atoms with E-state index in [4.69, 9.17) is 0 Å². The second-order valence-corrected chi connectivity index (χ2v) is 7.52. The maximum Gasteiger partial charge on any atom is 0.438 e. The smallest absolute Gasteiger partial charge is 0.385 e. The van der Waals surface area contributed by atoms with E-state index in [1.165, 1.54) is 0 Å². The van der Waals surface area contributed by atoms with Gasteiger partial charge in [-0.2, -0.15) is 23.3 Å². The average Bonchev–Trinajstić information content (AvgIpc) is 3.04. The molecule has 160 valence electrons. The van der Waals surface area contributed by atoms with E-state index in [9.17, 15) is 23.1 Å². The number of para-hydroxylation sites is 1. The summed E-state index contributed by atoms with van der Waals surface area (Å²) in [6.45, 7) is 4.05. The number of amides is 1. The number of alkyl halides is 3. The fraction of sp³-hybridized carbons (Fsp3) is 0.364. The van der Waals surface area contributed by atoms with E-state index >= 15 is 0 Å². The van der Waals surface area contributed by atoms with Crippen molar-refractivity contribution < 1.29 is 23.1 Å². The molecule has 0 spiro atoms. The number of aliphatic hydroxyl groups is 1. The van der Waals surface area contributed by atoms with Crippen LogP contribution < -0.4 is 5.32 Å². The topological polar surface area (TPSA) is 64.9 Å². The van der Waals surface area contributed by atoms with Gasteiger partial charge in [-0.1, -0.05) is 47.5 Å². The number of halogens is 3. The van der Waals surface area contributed by atoms with Gasteiger partial charge in [-0.05, 0) is 38.0 Å². The fourth-order valence-electron chi connectivity index (χ4n) is 3.46. The Bertz CT molecular complexity index is 924. The van der Waals surface area contributed by atoms with Gasteiger partial charge < -0.3 is 10.4 Å². The highest BCUT2D eigenvalue weighted by molar-refractivity contribution is 6.03. The van der Waals surface area contributed by atoms with Crippen LogP contribution >= 0.6 is 0 Å². The van der Waals surface area contributed by atoms with Crippen molar-refractivity contribution in [3.05, 3.63) is 65.2 Å². The number of hydrogen-bond acceptors (Lipinski definition) is 4. The van der Waals surface area contributed by atoms with Gasteiger partial charge in [0.05, 0.1) is 12.1 Å². The van der Waals surface area contributed by atoms with Crippen LogP contribution in [0, 0.1) is 13.8 Å². The number of hydrazone groups is 1. The van der Waals surface area contributed by atoms with Crippen LogP contribution in [-0.4, -0.2) is 40.2 Å². The Morgan fingerprint density at radius 1 is 1.17 bits per heavy atom.